The fourth-order valence-electron chi connectivity index (χ4n) is 3.03. The quantitative estimate of drug-likeness (QED) is 0.322. The fraction of sp³-hybridized carbons (Fsp3) is 0.292. The van der Waals surface area contributed by atoms with Crippen LogP contribution in [-0.4, -0.2) is 48.6 Å². The average molecular weight is 491 g/mol. The van der Waals surface area contributed by atoms with E-state index in [2.05, 4.69) is 10.4 Å². The summed E-state index contributed by atoms with van der Waals surface area (Å²) in [5.74, 6) is -1.40. The number of alkyl halides is 3. The van der Waals surface area contributed by atoms with Gasteiger partial charge in [0.15, 0.2) is 6.61 Å². The Bertz CT molecular complexity index is 1130. The molecule has 3 rings (SSSR count). The Morgan fingerprint density at radius 3 is 2.57 bits per heavy atom. The minimum atomic E-state index is -4.61. The number of halogens is 3. The third kappa shape index (κ3) is 7.85. The van der Waals surface area contributed by atoms with E-state index >= 15 is 0 Å². The lowest BCUT2D eigenvalue weighted by Gasteiger charge is -2.15. The van der Waals surface area contributed by atoms with Gasteiger partial charge in [-0.3, -0.25) is 9.59 Å². The smallest absolute Gasteiger partial charge is 0.416 e. The molecule has 0 spiro atoms. The Kier molecular flexibility index (Phi) is 8.85. The van der Waals surface area contributed by atoms with E-state index in [4.69, 9.17) is 14.2 Å². The number of nitrogens with zero attached hydrogens (tertiary/aromatic N) is 2. The number of benzene rings is 2. The monoisotopic (exact) mass is 491 g/mol. The first-order valence-corrected chi connectivity index (χ1v) is 10.6. The molecule has 0 unspecified atom stereocenters. The van der Waals surface area contributed by atoms with E-state index in [0.29, 0.717) is 6.42 Å². The molecule has 2 aromatic carbocycles. The summed E-state index contributed by atoms with van der Waals surface area (Å²) in [7, 11) is 1.45. The standard InChI is InChI=1S/C24H24F3N3O5/c1-33-11-12-34-21-9-8-18(24(25,26)27)13-20(21)29-22(31)16-35-23(32)10-7-17-14-28-30(15-17)19-5-3-2-4-6-19/h2-6,8-9,13-15H,7,10-12,16H2,1H3,(H,29,31). The molecule has 0 fully saturated rings. The molecule has 0 radical (unpaired) electrons. The van der Waals surface area contributed by atoms with Gasteiger partial charge in [0, 0.05) is 19.7 Å². The van der Waals surface area contributed by atoms with E-state index in [1.165, 1.54) is 7.11 Å². The molecule has 1 N–H and O–H groups in total. The predicted octanol–water partition coefficient (Wildman–Crippen LogP) is 4.03. The maximum absolute atomic E-state index is 13.1. The molecule has 1 amide bonds. The van der Waals surface area contributed by atoms with Crippen molar-refractivity contribution in [3.05, 3.63) is 72.1 Å². The molecular weight excluding hydrogens is 467 g/mol. The van der Waals surface area contributed by atoms with E-state index in [0.717, 1.165) is 29.4 Å². The fourth-order valence-corrected chi connectivity index (χ4v) is 3.03. The van der Waals surface area contributed by atoms with Crippen molar-refractivity contribution in [3.63, 3.8) is 0 Å². The average Bonchev–Trinajstić information content (AvgIpc) is 3.31. The van der Waals surface area contributed by atoms with E-state index < -0.39 is 30.2 Å². The summed E-state index contributed by atoms with van der Waals surface area (Å²) in [6.07, 6.45) is -0.841. The highest BCUT2D eigenvalue weighted by atomic mass is 19.4. The second-order valence-electron chi connectivity index (χ2n) is 7.39. The Balaban J connectivity index is 1.52. The Morgan fingerprint density at radius 1 is 1.09 bits per heavy atom. The SMILES string of the molecule is COCCOc1ccc(C(F)(F)F)cc1NC(=O)COC(=O)CCc1cnn(-c2ccccc2)c1. The number of nitrogens with one attached hydrogen (secondary N) is 1. The van der Waals surface area contributed by atoms with Crippen molar-refractivity contribution in [3.8, 4) is 11.4 Å². The topological polar surface area (TPSA) is 91.7 Å². The molecule has 0 aliphatic carbocycles. The van der Waals surface area contributed by atoms with Gasteiger partial charge >= 0.3 is 12.1 Å². The molecule has 0 atom stereocenters. The molecule has 0 aliphatic rings. The third-order valence-electron chi connectivity index (χ3n) is 4.76. The number of anilines is 1. The number of para-hydroxylation sites is 1. The van der Waals surface area contributed by atoms with Gasteiger partial charge in [-0.2, -0.15) is 18.3 Å². The van der Waals surface area contributed by atoms with Crippen LogP contribution < -0.4 is 10.1 Å². The van der Waals surface area contributed by atoms with Gasteiger partial charge < -0.3 is 19.5 Å². The summed E-state index contributed by atoms with van der Waals surface area (Å²) in [4.78, 5) is 24.3. The Labute approximate surface area is 199 Å². The number of ether oxygens (including phenoxy) is 3. The van der Waals surface area contributed by atoms with Gasteiger partial charge in [-0.15, -0.1) is 0 Å². The summed E-state index contributed by atoms with van der Waals surface area (Å²) >= 11 is 0. The summed E-state index contributed by atoms with van der Waals surface area (Å²) in [5.41, 5.74) is 0.528. The molecule has 186 valence electrons. The van der Waals surface area contributed by atoms with Crippen molar-refractivity contribution in [2.45, 2.75) is 19.0 Å². The van der Waals surface area contributed by atoms with Crippen molar-refractivity contribution in [2.75, 3.05) is 32.2 Å². The van der Waals surface area contributed by atoms with Crippen molar-refractivity contribution >= 4 is 17.6 Å². The first kappa shape index (κ1) is 25.8. The van der Waals surface area contributed by atoms with Crippen LogP contribution in [0.2, 0.25) is 0 Å². The van der Waals surface area contributed by atoms with Crippen LogP contribution in [0.15, 0.2) is 60.9 Å². The molecule has 0 aliphatic heterocycles. The van der Waals surface area contributed by atoms with Crippen LogP contribution in [0, 0.1) is 0 Å². The maximum atomic E-state index is 13.1. The van der Waals surface area contributed by atoms with Gasteiger partial charge in [-0.05, 0) is 42.3 Å². The van der Waals surface area contributed by atoms with Crippen LogP contribution in [0.25, 0.3) is 5.69 Å². The van der Waals surface area contributed by atoms with Gasteiger partial charge in [-0.25, -0.2) is 4.68 Å². The van der Waals surface area contributed by atoms with Crippen LogP contribution >= 0.6 is 0 Å². The van der Waals surface area contributed by atoms with Crippen molar-refractivity contribution in [2.24, 2.45) is 0 Å². The zero-order valence-electron chi connectivity index (χ0n) is 18.9. The van der Waals surface area contributed by atoms with E-state index in [1.54, 1.807) is 17.1 Å². The predicted molar refractivity (Wildman–Crippen MR) is 120 cm³/mol. The molecule has 0 saturated carbocycles. The van der Waals surface area contributed by atoms with Crippen LogP contribution in [0.5, 0.6) is 5.75 Å². The van der Waals surface area contributed by atoms with E-state index in [1.807, 2.05) is 30.3 Å². The Morgan fingerprint density at radius 2 is 1.86 bits per heavy atom. The zero-order valence-corrected chi connectivity index (χ0v) is 18.9. The van der Waals surface area contributed by atoms with Gasteiger partial charge in [0.1, 0.15) is 12.4 Å². The zero-order chi connectivity index (χ0) is 25.3. The number of rotatable bonds is 11. The van der Waals surface area contributed by atoms with Crippen LogP contribution in [0.1, 0.15) is 17.5 Å². The molecule has 11 heteroatoms. The Hall–Kier alpha value is -3.86. The van der Waals surface area contributed by atoms with Crippen LogP contribution in [0.3, 0.4) is 0 Å². The van der Waals surface area contributed by atoms with Gasteiger partial charge in [0.25, 0.3) is 5.91 Å². The first-order valence-electron chi connectivity index (χ1n) is 10.6. The minimum Gasteiger partial charge on any atom is -0.489 e. The highest BCUT2D eigenvalue weighted by Gasteiger charge is 2.31. The van der Waals surface area contributed by atoms with Gasteiger partial charge in [0.05, 0.1) is 29.7 Å². The number of esters is 1. The molecule has 1 aromatic heterocycles. The van der Waals surface area contributed by atoms with Crippen molar-refractivity contribution < 1.29 is 37.0 Å². The minimum absolute atomic E-state index is 0.00268. The number of aryl methyl sites for hydroxylation is 1. The van der Waals surface area contributed by atoms with Crippen LogP contribution in [0.4, 0.5) is 18.9 Å². The normalized spacial score (nSPS) is 11.2. The highest BCUT2D eigenvalue weighted by Crippen LogP contribution is 2.35. The van der Waals surface area contributed by atoms with Crippen molar-refractivity contribution in [1.29, 1.82) is 0 Å². The molecule has 1 heterocycles. The molecule has 3 aromatic rings. The molecular formula is C24H24F3N3O5. The molecule has 35 heavy (non-hydrogen) atoms. The van der Waals surface area contributed by atoms with E-state index in [-0.39, 0.29) is 31.1 Å². The summed E-state index contributed by atoms with van der Waals surface area (Å²) in [6, 6.07) is 12.1. The summed E-state index contributed by atoms with van der Waals surface area (Å²) < 4.78 is 56.1. The van der Waals surface area contributed by atoms with Crippen molar-refractivity contribution in [1.82, 2.24) is 9.78 Å². The number of aromatic nitrogens is 2. The molecule has 0 saturated heterocycles. The third-order valence-corrected chi connectivity index (χ3v) is 4.76. The summed E-state index contributed by atoms with van der Waals surface area (Å²) in [6.45, 7) is -0.382. The highest BCUT2D eigenvalue weighted by molar-refractivity contribution is 5.94. The van der Waals surface area contributed by atoms with Gasteiger partial charge in [-0.1, -0.05) is 18.2 Å². The number of hydrogen-bond donors (Lipinski definition) is 1. The lowest BCUT2D eigenvalue weighted by Crippen LogP contribution is -2.22. The number of hydrogen-bond acceptors (Lipinski definition) is 6. The van der Waals surface area contributed by atoms with E-state index in [9.17, 15) is 22.8 Å². The maximum Gasteiger partial charge on any atom is 0.416 e. The molecule has 0 bridgehead atoms. The number of carbonyl (C=O) groups excluding carboxylic acids is 2. The van der Waals surface area contributed by atoms with Crippen LogP contribution in [-0.2, 0) is 31.7 Å². The second kappa shape index (κ2) is 12.0. The number of amides is 1. The molecule has 8 nitrogen and oxygen atoms in total. The lowest BCUT2D eigenvalue weighted by molar-refractivity contribution is -0.147. The summed E-state index contributed by atoms with van der Waals surface area (Å²) in [5, 5.41) is 6.55. The second-order valence-corrected chi connectivity index (χ2v) is 7.39. The largest absolute Gasteiger partial charge is 0.489 e. The lowest BCUT2D eigenvalue weighted by atomic mass is 10.1. The number of carbonyl (C=O) groups is 2. The number of methoxy groups -OCH3 is 1. The van der Waals surface area contributed by atoms with Gasteiger partial charge in [0.2, 0.25) is 0 Å². The first-order chi connectivity index (χ1) is 16.8.